The fourth-order valence-electron chi connectivity index (χ4n) is 2.61. The molecule has 0 aliphatic heterocycles. The van der Waals surface area contributed by atoms with Crippen LogP contribution in [0.2, 0.25) is 0 Å². The summed E-state index contributed by atoms with van der Waals surface area (Å²) in [6.07, 6.45) is 0.250. The van der Waals surface area contributed by atoms with Gasteiger partial charge in [0.1, 0.15) is 0 Å². The van der Waals surface area contributed by atoms with Gasteiger partial charge in [-0.05, 0) is 22.3 Å². The fraction of sp³-hybridized carbons (Fsp3) is 0.188. The van der Waals surface area contributed by atoms with Crippen LogP contribution >= 0.6 is 0 Å². The monoisotopic (exact) mass is 255 g/mol. The minimum absolute atomic E-state index is 0.250. The molecule has 0 heterocycles. The predicted octanol–water partition coefficient (Wildman–Crippen LogP) is 2.55. The van der Waals surface area contributed by atoms with Gasteiger partial charge in [0.05, 0.1) is 6.61 Å². The van der Waals surface area contributed by atoms with Gasteiger partial charge >= 0.3 is 0 Å². The highest BCUT2D eigenvalue weighted by molar-refractivity contribution is 5.78. The summed E-state index contributed by atoms with van der Waals surface area (Å²) in [7, 11) is 1.77. The summed E-state index contributed by atoms with van der Waals surface area (Å²) in [4.78, 5) is 8.58. The highest BCUT2D eigenvalue weighted by Gasteiger charge is 2.27. The van der Waals surface area contributed by atoms with E-state index in [2.05, 4.69) is 54.3 Å². The molecule has 0 spiro atoms. The maximum Gasteiger partial charge on any atom is 0.204 e. The Balaban J connectivity index is 0.000000408. The number of carbonyl (C=O) groups excluding carboxylic acids is 1. The Kier molecular flexibility index (Phi) is 4.31. The van der Waals surface area contributed by atoms with E-state index in [0.717, 1.165) is 6.61 Å². The maximum atomic E-state index is 8.58. The van der Waals surface area contributed by atoms with Crippen molar-refractivity contribution >= 4 is 6.41 Å². The third-order valence-corrected chi connectivity index (χ3v) is 3.30. The van der Waals surface area contributed by atoms with Gasteiger partial charge in [0, 0.05) is 13.0 Å². The van der Waals surface area contributed by atoms with Crippen molar-refractivity contribution in [1.29, 1.82) is 0 Å². The van der Waals surface area contributed by atoms with Gasteiger partial charge in [0.2, 0.25) is 6.41 Å². The molecule has 2 aromatic carbocycles. The average Bonchev–Trinajstić information content (AvgIpc) is 2.76. The minimum atomic E-state index is 0.250. The Bertz CT molecular complexity index is 521. The number of hydrogen-bond donors (Lipinski definition) is 1. The molecule has 1 aliphatic carbocycles. The van der Waals surface area contributed by atoms with Crippen LogP contribution < -0.4 is 5.73 Å². The van der Waals surface area contributed by atoms with Crippen molar-refractivity contribution < 1.29 is 9.53 Å². The second-order valence-electron chi connectivity index (χ2n) is 4.32. The zero-order valence-corrected chi connectivity index (χ0v) is 10.9. The third kappa shape index (κ3) is 2.51. The largest absolute Gasteiger partial charge is 0.384 e. The van der Waals surface area contributed by atoms with Crippen LogP contribution in [-0.4, -0.2) is 20.1 Å². The molecule has 0 radical (unpaired) electrons. The lowest BCUT2D eigenvalue weighted by Gasteiger charge is -2.11. The highest BCUT2D eigenvalue weighted by atomic mass is 16.5. The van der Waals surface area contributed by atoms with Crippen LogP contribution in [0.4, 0.5) is 0 Å². The van der Waals surface area contributed by atoms with Gasteiger partial charge in [0.25, 0.3) is 0 Å². The average molecular weight is 255 g/mol. The van der Waals surface area contributed by atoms with E-state index >= 15 is 0 Å². The zero-order valence-electron chi connectivity index (χ0n) is 10.9. The molecule has 3 heteroatoms. The predicted molar refractivity (Wildman–Crippen MR) is 75.8 cm³/mol. The number of benzene rings is 2. The molecule has 0 unspecified atom stereocenters. The van der Waals surface area contributed by atoms with Crippen molar-refractivity contribution in [2.45, 2.75) is 5.92 Å². The molecule has 0 saturated heterocycles. The molecule has 0 fully saturated rings. The summed E-state index contributed by atoms with van der Waals surface area (Å²) < 4.78 is 5.34. The number of ether oxygens (including phenoxy) is 1. The van der Waals surface area contributed by atoms with Crippen LogP contribution in [-0.2, 0) is 9.53 Å². The number of fused-ring (bicyclic) bond motifs is 3. The first-order chi connectivity index (χ1) is 9.33. The van der Waals surface area contributed by atoms with E-state index in [-0.39, 0.29) is 6.41 Å². The molecule has 0 atom stereocenters. The Morgan fingerprint density at radius 2 is 1.47 bits per heavy atom. The van der Waals surface area contributed by atoms with Gasteiger partial charge in [-0.25, -0.2) is 0 Å². The second-order valence-corrected chi connectivity index (χ2v) is 4.32. The summed E-state index contributed by atoms with van der Waals surface area (Å²) in [6.45, 7) is 0.758. The van der Waals surface area contributed by atoms with E-state index in [9.17, 15) is 0 Å². The van der Waals surface area contributed by atoms with Crippen molar-refractivity contribution in [2.24, 2.45) is 5.73 Å². The van der Waals surface area contributed by atoms with Crippen LogP contribution in [0.15, 0.2) is 48.5 Å². The van der Waals surface area contributed by atoms with E-state index in [0.29, 0.717) is 5.92 Å². The van der Waals surface area contributed by atoms with E-state index in [4.69, 9.17) is 9.53 Å². The fourth-order valence-corrected chi connectivity index (χ4v) is 2.61. The molecule has 19 heavy (non-hydrogen) atoms. The summed E-state index contributed by atoms with van der Waals surface area (Å²) in [5.74, 6) is 0.400. The lowest BCUT2D eigenvalue weighted by atomic mass is 9.98. The molecule has 0 aromatic heterocycles. The van der Waals surface area contributed by atoms with Crippen LogP contribution in [0.3, 0.4) is 0 Å². The number of carbonyl (C=O) groups is 1. The Morgan fingerprint density at radius 3 is 1.89 bits per heavy atom. The third-order valence-electron chi connectivity index (χ3n) is 3.30. The Morgan fingerprint density at radius 1 is 1.05 bits per heavy atom. The van der Waals surface area contributed by atoms with Crippen molar-refractivity contribution in [3.63, 3.8) is 0 Å². The molecular weight excluding hydrogens is 238 g/mol. The van der Waals surface area contributed by atoms with E-state index in [1.54, 1.807) is 7.11 Å². The number of methoxy groups -OCH3 is 1. The first kappa shape index (κ1) is 13.3. The van der Waals surface area contributed by atoms with E-state index in [1.807, 2.05) is 0 Å². The number of primary amides is 1. The lowest BCUT2D eigenvalue weighted by molar-refractivity contribution is -0.106. The Hall–Kier alpha value is -2.13. The summed E-state index contributed by atoms with van der Waals surface area (Å²) in [5.41, 5.74) is 9.68. The molecule has 3 nitrogen and oxygen atoms in total. The van der Waals surface area contributed by atoms with Crippen LogP contribution in [0.25, 0.3) is 11.1 Å². The lowest BCUT2D eigenvalue weighted by Crippen LogP contribution is -2.04. The maximum absolute atomic E-state index is 8.58. The molecule has 1 aliphatic rings. The van der Waals surface area contributed by atoms with Gasteiger partial charge < -0.3 is 10.5 Å². The first-order valence-electron chi connectivity index (χ1n) is 6.16. The van der Waals surface area contributed by atoms with Crippen LogP contribution in [0.1, 0.15) is 17.0 Å². The molecule has 0 saturated carbocycles. The van der Waals surface area contributed by atoms with Crippen molar-refractivity contribution in [3.8, 4) is 11.1 Å². The summed E-state index contributed by atoms with van der Waals surface area (Å²) in [5, 5.41) is 0. The molecule has 98 valence electrons. The van der Waals surface area contributed by atoms with Gasteiger partial charge in [-0.3, -0.25) is 4.79 Å². The second kappa shape index (κ2) is 6.16. The zero-order chi connectivity index (χ0) is 13.7. The molecule has 0 bridgehead atoms. The quantitative estimate of drug-likeness (QED) is 0.838. The number of nitrogens with two attached hydrogens (primary N) is 1. The van der Waals surface area contributed by atoms with Gasteiger partial charge in [-0.2, -0.15) is 0 Å². The molecule has 1 amide bonds. The highest BCUT2D eigenvalue weighted by Crippen LogP contribution is 2.44. The topological polar surface area (TPSA) is 52.3 Å². The van der Waals surface area contributed by atoms with Crippen LogP contribution in [0, 0.1) is 0 Å². The van der Waals surface area contributed by atoms with Crippen molar-refractivity contribution in [1.82, 2.24) is 0 Å². The Labute approximate surface area is 113 Å². The number of hydrogen-bond acceptors (Lipinski definition) is 2. The number of amides is 1. The smallest absolute Gasteiger partial charge is 0.204 e. The number of rotatable bonds is 2. The summed E-state index contributed by atoms with van der Waals surface area (Å²) >= 11 is 0. The van der Waals surface area contributed by atoms with Gasteiger partial charge in [0.15, 0.2) is 0 Å². The normalized spacial score (nSPS) is 12.1. The molecular formula is C16H17NO2. The van der Waals surface area contributed by atoms with E-state index < -0.39 is 0 Å². The standard InChI is InChI=1S/C15H14O.CH3NO/c1-16-10-15-13-8-4-2-6-11(13)12-7-3-5-9-14(12)15;2-1-3/h2-9,15H,10H2,1H3;1H,(H2,2,3). The SMILES string of the molecule is COCC1c2ccccc2-c2ccccc21.NC=O. The van der Waals surface area contributed by atoms with Gasteiger partial charge in [-0.15, -0.1) is 0 Å². The van der Waals surface area contributed by atoms with Gasteiger partial charge in [-0.1, -0.05) is 48.5 Å². The van der Waals surface area contributed by atoms with E-state index in [1.165, 1.54) is 22.3 Å². The molecule has 3 rings (SSSR count). The molecule has 2 aromatic rings. The minimum Gasteiger partial charge on any atom is -0.384 e. The first-order valence-corrected chi connectivity index (χ1v) is 6.16. The summed E-state index contributed by atoms with van der Waals surface area (Å²) in [6, 6.07) is 17.2. The van der Waals surface area contributed by atoms with Crippen molar-refractivity contribution in [2.75, 3.05) is 13.7 Å². The van der Waals surface area contributed by atoms with Crippen molar-refractivity contribution in [3.05, 3.63) is 59.7 Å². The van der Waals surface area contributed by atoms with Crippen LogP contribution in [0.5, 0.6) is 0 Å². The molecule has 2 N–H and O–H groups in total.